The van der Waals surface area contributed by atoms with E-state index < -0.39 is 11.4 Å². The molecule has 1 rings (SSSR count). The zero-order chi connectivity index (χ0) is 13.2. The maximum atomic E-state index is 11.4. The topological polar surface area (TPSA) is 63.3 Å². The van der Waals surface area contributed by atoms with Crippen molar-refractivity contribution in [3.8, 4) is 0 Å². The van der Waals surface area contributed by atoms with Gasteiger partial charge in [-0.15, -0.1) is 0 Å². The molecule has 0 radical (unpaired) electrons. The number of hydrogen-bond donors (Lipinski definition) is 2. The number of carbonyl (C=O) groups is 1. The predicted molar refractivity (Wildman–Crippen MR) is 70.8 cm³/mol. The Morgan fingerprint density at radius 1 is 1.47 bits per heavy atom. The molecular formula is C12H15Cl2NO2. The van der Waals surface area contributed by atoms with E-state index in [-0.39, 0.29) is 10.7 Å². The molecule has 0 aliphatic carbocycles. The first kappa shape index (κ1) is 14.1. The van der Waals surface area contributed by atoms with Crippen LogP contribution in [0.3, 0.4) is 0 Å². The minimum atomic E-state index is -1.06. The van der Waals surface area contributed by atoms with E-state index in [9.17, 15) is 9.90 Å². The van der Waals surface area contributed by atoms with E-state index >= 15 is 0 Å². The molecular weight excluding hydrogens is 261 g/mol. The number of rotatable bonds is 4. The first-order chi connectivity index (χ1) is 7.82. The normalized spacial score (nSPS) is 14.4. The summed E-state index contributed by atoms with van der Waals surface area (Å²) in [5.41, 5.74) is 5.55. The van der Waals surface area contributed by atoms with Crippen LogP contribution in [0.2, 0.25) is 10.0 Å². The second-order valence-electron chi connectivity index (χ2n) is 4.24. The summed E-state index contributed by atoms with van der Waals surface area (Å²) >= 11 is 11.8. The third-order valence-corrected chi connectivity index (χ3v) is 3.44. The van der Waals surface area contributed by atoms with Gasteiger partial charge in [-0.25, -0.2) is 0 Å². The van der Waals surface area contributed by atoms with Gasteiger partial charge < -0.3 is 10.8 Å². The summed E-state index contributed by atoms with van der Waals surface area (Å²) in [7, 11) is 0. The Bertz CT molecular complexity index is 448. The molecule has 0 bridgehead atoms. The second kappa shape index (κ2) is 5.15. The van der Waals surface area contributed by atoms with Crippen molar-refractivity contribution in [2.24, 2.45) is 0 Å². The molecule has 3 N–H and O–H groups in total. The summed E-state index contributed by atoms with van der Waals surface area (Å²) in [6.45, 7) is 3.56. The molecule has 0 aliphatic heterocycles. The van der Waals surface area contributed by atoms with E-state index in [1.54, 1.807) is 13.0 Å². The average Bonchev–Trinajstić information content (AvgIpc) is 2.23. The summed E-state index contributed by atoms with van der Waals surface area (Å²) in [5.74, 6) is -0.926. The van der Waals surface area contributed by atoms with Crippen molar-refractivity contribution in [1.82, 2.24) is 0 Å². The van der Waals surface area contributed by atoms with Crippen LogP contribution in [0, 0.1) is 0 Å². The quantitative estimate of drug-likeness (QED) is 0.824. The van der Waals surface area contributed by atoms with Crippen molar-refractivity contribution in [2.75, 3.05) is 5.73 Å². The van der Waals surface area contributed by atoms with Crippen molar-refractivity contribution in [3.63, 3.8) is 0 Å². The van der Waals surface area contributed by atoms with Crippen molar-refractivity contribution < 1.29 is 9.90 Å². The van der Waals surface area contributed by atoms with Crippen LogP contribution < -0.4 is 5.73 Å². The molecule has 1 atom stereocenters. The third-order valence-electron chi connectivity index (χ3n) is 2.91. The molecule has 0 fully saturated rings. The van der Waals surface area contributed by atoms with Crippen molar-refractivity contribution >= 4 is 34.9 Å². The Morgan fingerprint density at radius 3 is 2.53 bits per heavy atom. The first-order valence-electron chi connectivity index (χ1n) is 5.31. The molecule has 0 saturated carbocycles. The molecule has 0 aliphatic rings. The third kappa shape index (κ3) is 2.67. The van der Waals surface area contributed by atoms with Crippen molar-refractivity contribution in [1.29, 1.82) is 0 Å². The van der Waals surface area contributed by atoms with E-state index in [2.05, 4.69) is 0 Å². The SMILES string of the molecule is CCCC(C)(C(=O)O)c1cc(Cl)cc(Cl)c1N. The number of nitrogens with two attached hydrogens (primary N) is 1. The van der Waals surface area contributed by atoms with Crippen LogP contribution in [0.15, 0.2) is 12.1 Å². The average molecular weight is 276 g/mol. The summed E-state index contributed by atoms with van der Waals surface area (Å²) in [4.78, 5) is 11.4. The van der Waals surface area contributed by atoms with Gasteiger partial charge in [0.1, 0.15) is 0 Å². The summed E-state index contributed by atoms with van der Waals surface area (Å²) in [5, 5.41) is 10.1. The van der Waals surface area contributed by atoms with Gasteiger partial charge in [0.05, 0.1) is 16.1 Å². The summed E-state index contributed by atoms with van der Waals surface area (Å²) < 4.78 is 0. The van der Waals surface area contributed by atoms with Crippen LogP contribution >= 0.6 is 23.2 Å². The fourth-order valence-corrected chi connectivity index (χ4v) is 2.39. The standard InChI is InChI=1S/C12H15Cl2NO2/c1-3-4-12(2,11(16)17)8-5-7(13)6-9(14)10(8)15/h5-6H,3-4,15H2,1-2H3,(H,16,17). The number of benzene rings is 1. The van der Waals surface area contributed by atoms with Gasteiger partial charge in [-0.3, -0.25) is 4.79 Å². The number of hydrogen-bond acceptors (Lipinski definition) is 2. The van der Waals surface area contributed by atoms with Crippen LogP contribution in [0.1, 0.15) is 32.3 Å². The maximum Gasteiger partial charge on any atom is 0.313 e. The molecule has 3 nitrogen and oxygen atoms in total. The van der Waals surface area contributed by atoms with Gasteiger partial charge >= 0.3 is 5.97 Å². The predicted octanol–water partition coefficient (Wildman–Crippen LogP) is 3.72. The van der Waals surface area contributed by atoms with Crippen LogP contribution in [0.4, 0.5) is 5.69 Å². The fraction of sp³-hybridized carbons (Fsp3) is 0.417. The Morgan fingerprint density at radius 2 is 2.06 bits per heavy atom. The minimum Gasteiger partial charge on any atom is -0.481 e. The Hall–Kier alpha value is -0.930. The summed E-state index contributed by atoms with van der Waals surface area (Å²) in [6.07, 6.45) is 1.20. The Labute approximate surface area is 111 Å². The van der Waals surface area contributed by atoms with Gasteiger partial charge in [0.15, 0.2) is 0 Å². The van der Waals surface area contributed by atoms with Gasteiger partial charge in [-0.1, -0.05) is 36.5 Å². The molecule has 1 unspecified atom stereocenters. The molecule has 1 aromatic rings. The van der Waals surface area contributed by atoms with E-state index in [0.717, 1.165) is 6.42 Å². The molecule has 94 valence electrons. The largest absolute Gasteiger partial charge is 0.481 e. The Balaban J connectivity index is 3.43. The highest BCUT2D eigenvalue weighted by Gasteiger charge is 2.36. The molecule has 17 heavy (non-hydrogen) atoms. The highest BCUT2D eigenvalue weighted by molar-refractivity contribution is 6.36. The molecule has 0 aromatic heterocycles. The lowest BCUT2D eigenvalue weighted by Gasteiger charge is -2.27. The minimum absolute atomic E-state index is 0.286. The van der Waals surface area contributed by atoms with E-state index in [1.165, 1.54) is 6.07 Å². The highest BCUT2D eigenvalue weighted by atomic mass is 35.5. The zero-order valence-corrected chi connectivity index (χ0v) is 11.3. The number of halogens is 2. The monoisotopic (exact) mass is 275 g/mol. The van der Waals surface area contributed by atoms with Crippen molar-refractivity contribution in [3.05, 3.63) is 27.7 Å². The van der Waals surface area contributed by atoms with E-state index in [1.807, 2.05) is 6.92 Å². The van der Waals surface area contributed by atoms with E-state index in [0.29, 0.717) is 17.0 Å². The van der Waals surface area contributed by atoms with Gasteiger partial charge in [-0.05, 0) is 31.0 Å². The van der Waals surface area contributed by atoms with Gasteiger partial charge in [-0.2, -0.15) is 0 Å². The smallest absolute Gasteiger partial charge is 0.313 e. The lowest BCUT2D eigenvalue weighted by atomic mass is 9.78. The van der Waals surface area contributed by atoms with Gasteiger partial charge in [0, 0.05) is 5.02 Å². The fourth-order valence-electron chi connectivity index (χ4n) is 1.90. The van der Waals surface area contributed by atoms with Crippen LogP contribution in [0.25, 0.3) is 0 Å². The number of aliphatic carboxylic acids is 1. The van der Waals surface area contributed by atoms with Crippen LogP contribution in [-0.4, -0.2) is 11.1 Å². The lowest BCUT2D eigenvalue weighted by molar-refractivity contribution is -0.143. The molecule has 0 spiro atoms. The van der Waals surface area contributed by atoms with Crippen LogP contribution in [0.5, 0.6) is 0 Å². The first-order valence-corrected chi connectivity index (χ1v) is 6.07. The highest BCUT2D eigenvalue weighted by Crippen LogP contribution is 2.38. The number of anilines is 1. The van der Waals surface area contributed by atoms with E-state index in [4.69, 9.17) is 28.9 Å². The molecule has 1 aromatic carbocycles. The number of carboxylic acids is 1. The molecule has 5 heteroatoms. The number of nitrogen functional groups attached to an aromatic ring is 1. The Kier molecular flexibility index (Phi) is 4.28. The van der Waals surface area contributed by atoms with Gasteiger partial charge in [0.25, 0.3) is 0 Å². The second-order valence-corrected chi connectivity index (χ2v) is 5.08. The lowest BCUT2D eigenvalue weighted by Crippen LogP contribution is -2.33. The van der Waals surface area contributed by atoms with Crippen LogP contribution in [-0.2, 0) is 10.2 Å². The molecule has 0 amide bonds. The zero-order valence-electron chi connectivity index (χ0n) is 9.76. The molecule has 0 saturated heterocycles. The van der Waals surface area contributed by atoms with Crippen molar-refractivity contribution in [2.45, 2.75) is 32.1 Å². The molecule has 0 heterocycles. The van der Waals surface area contributed by atoms with Gasteiger partial charge in [0.2, 0.25) is 0 Å². The number of carboxylic acid groups (broad SMARTS) is 1. The summed E-state index contributed by atoms with van der Waals surface area (Å²) in [6, 6.07) is 3.09. The maximum absolute atomic E-state index is 11.4.